The Balaban J connectivity index is 1.92. The summed E-state index contributed by atoms with van der Waals surface area (Å²) in [6, 6.07) is 5.82. The summed E-state index contributed by atoms with van der Waals surface area (Å²) in [4.78, 5) is 17.7. The van der Waals surface area contributed by atoms with E-state index < -0.39 is 5.72 Å². The van der Waals surface area contributed by atoms with E-state index in [0.717, 1.165) is 24.0 Å². The van der Waals surface area contributed by atoms with Crippen LogP contribution in [0.15, 0.2) is 22.7 Å². The predicted octanol–water partition coefficient (Wildman–Crippen LogP) is 3.68. The van der Waals surface area contributed by atoms with Crippen LogP contribution in [0.25, 0.3) is 0 Å². The van der Waals surface area contributed by atoms with E-state index in [4.69, 9.17) is 26.2 Å². The van der Waals surface area contributed by atoms with Crippen molar-refractivity contribution in [1.29, 1.82) is 0 Å². The first-order valence-electron chi connectivity index (χ1n) is 9.45. The molecule has 1 aliphatic rings. The Hall–Kier alpha value is -1.97. The highest BCUT2D eigenvalue weighted by Crippen LogP contribution is 2.30. The first-order chi connectivity index (χ1) is 13.9. The number of benzene rings is 1. The van der Waals surface area contributed by atoms with E-state index in [9.17, 15) is 4.79 Å². The molecule has 0 spiro atoms. The lowest BCUT2D eigenvalue weighted by Gasteiger charge is -2.31. The van der Waals surface area contributed by atoms with Crippen molar-refractivity contribution in [2.24, 2.45) is 0 Å². The lowest BCUT2D eigenvalue weighted by atomic mass is 10.0. The molecule has 156 valence electrons. The van der Waals surface area contributed by atoms with Gasteiger partial charge in [0.2, 0.25) is 5.72 Å². The summed E-state index contributed by atoms with van der Waals surface area (Å²) in [7, 11) is 1.59. The number of aromatic nitrogens is 2. The van der Waals surface area contributed by atoms with Crippen molar-refractivity contribution >= 4 is 34.9 Å². The van der Waals surface area contributed by atoms with Gasteiger partial charge in [-0.1, -0.05) is 35.6 Å². The lowest BCUT2D eigenvalue weighted by Crippen LogP contribution is -2.49. The largest absolute Gasteiger partial charge is 0.462 e. The number of nitrogens with one attached hydrogen (secondary N) is 1. The highest BCUT2D eigenvalue weighted by molar-refractivity contribution is 7.98. The number of esters is 1. The molecule has 1 N–H and O–H groups in total. The minimum atomic E-state index is -1.03. The molecule has 3 rings (SSSR count). The summed E-state index contributed by atoms with van der Waals surface area (Å²) in [5.74, 6) is 1.65. The maximum Gasteiger partial charge on any atom is 0.338 e. The van der Waals surface area contributed by atoms with Crippen LogP contribution >= 0.6 is 24.0 Å². The van der Waals surface area contributed by atoms with Crippen molar-refractivity contribution in [3.63, 3.8) is 0 Å². The first-order valence-corrected chi connectivity index (χ1v) is 11.0. The van der Waals surface area contributed by atoms with E-state index in [-0.39, 0.29) is 5.97 Å². The van der Waals surface area contributed by atoms with Gasteiger partial charge in [-0.3, -0.25) is 0 Å². The summed E-state index contributed by atoms with van der Waals surface area (Å²) in [6.45, 7) is 4.05. The van der Waals surface area contributed by atoms with Crippen molar-refractivity contribution in [3.8, 4) is 0 Å². The van der Waals surface area contributed by atoms with Crippen molar-refractivity contribution in [2.75, 3.05) is 19.5 Å². The molecule has 0 aliphatic carbocycles. The van der Waals surface area contributed by atoms with Crippen LogP contribution < -0.4 is 5.32 Å². The third-order valence-electron chi connectivity index (χ3n) is 4.72. The van der Waals surface area contributed by atoms with Crippen LogP contribution in [-0.4, -0.2) is 40.6 Å². The average molecular weight is 436 g/mol. The third kappa shape index (κ3) is 5.15. The molecular formula is C20H25N3O4S2. The number of ether oxygens (including phenoxy) is 2. The van der Waals surface area contributed by atoms with E-state index in [0.29, 0.717) is 46.8 Å². The van der Waals surface area contributed by atoms with Gasteiger partial charge in [-0.05, 0) is 44.2 Å². The van der Waals surface area contributed by atoms with Gasteiger partial charge in [0.1, 0.15) is 0 Å². The number of fused-ring (bicyclic) bond motifs is 1. The normalized spacial score (nSPS) is 21.6. The Morgan fingerprint density at radius 1 is 1.31 bits per heavy atom. The molecule has 0 fully saturated rings. The van der Waals surface area contributed by atoms with Gasteiger partial charge < -0.3 is 19.3 Å². The molecule has 0 bridgehead atoms. The van der Waals surface area contributed by atoms with E-state index in [1.165, 1.54) is 0 Å². The number of cyclic esters (lactones) is 1. The molecule has 29 heavy (non-hydrogen) atoms. The fourth-order valence-corrected chi connectivity index (χ4v) is 4.64. The van der Waals surface area contributed by atoms with Crippen molar-refractivity contribution in [2.45, 2.75) is 44.6 Å². The minimum Gasteiger partial charge on any atom is -0.462 e. The van der Waals surface area contributed by atoms with E-state index in [2.05, 4.69) is 15.5 Å². The van der Waals surface area contributed by atoms with Gasteiger partial charge in [-0.25, -0.2) is 4.79 Å². The Kier molecular flexibility index (Phi) is 7.26. The highest BCUT2D eigenvalue weighted by Gasteiger charge is 2.39. The zero-order valence-corrected chi connectivity index (χ0v) is 18.5. The molecule has 0 radical (unpaired) electrons. The second-order valence-electron chi connectivity index (χ2n) is 6.92. The second-order valence-corrected chi connectivity index (χ2v) is 8.40. The number of carbonyl (C=O) groups excluding carboxylic acids is 1. The number of hydrogen-bond acceptors (Lipinski definition) is 8. The molecule has 7 nitrogen and oxygen atoms in total. The summed E-state index contributed by atoms with van der Waals surface area (Å²) >= 11 is 7.11. The zero-order chi connectivity index (χ0) is 20.9. The number of hydrogen-bond donors (Lipinski definition) is 1. The van der Waals surface area contributed by atoms with Crippen molar-refractivity contribution in [3.05, 3.63) is 46.6 Å². The molecule has 2 heterocycles. The van der Waals surface area contributed by atoms with Gasteiger partial charge in [-0.15, -0.1) is 0 Å². The molecule has 1 unspecified atom stereocenters. The average Bonchev–Trinajstić information content (AvgIpc) is 3.13. The molecule has 9 heteroatoms. The smallest absolute Gasteiger partial charge is 0.338 e. The summed E-state index contributed by atoms with van der Waals surface area (Å²) in [5.41, 5.74) is 1.44. The number of carbonyl (C=O) groups is 1. The fraction of sp³-hybridized carbons (Fsp3) is 0.500. The zero-order valence-electron chi connectivity index (χ0n) is 16.8. The van der Waals surface area contributed by atoms with Gasteiger partial charge in [-0.2, -0.15) is 16.7 Å². The van der Waals surface area contributed by atoms with E-state index >= 15 is 0 Å². The van der Waals surface area contributed by atoms with Crippen LogP contribution in [0.5, 0.6) is 0 Å². The van der Waals surface area contributed by atoms with Gasteiger partial charge in [0, 0.05) is 12.9 Å². The SMILES string of the molecule is COC1(c2nc(C)no2)CSCc2cccc(C)c2C(=O)OCCCCC(=S)N1. The number of thioether (sulfide) groups is 1. The van der Waals surface area contributed by atoms with Crippen LogP contribution in [-0.2, 0) is 21.0 Å². The Morgan fingerprint density at radius 3 is 2.86 bits per heavy atom. The molecule has 1 aliphatic heterocycles. The van der Waals surface area contributed by atoms with Crippen molar-refractivity contribution in [1.82, 2.24) is 15.5 Å². The Labute approximate surface area is 179 Å². The molecule has 0 amide bonds. The minimum absolute atomic E-state index is 0.276. The maximum atomic E-state index is 12.6. The summed E-state index contributed by atoms with van der Waals surface area (Å²) < 4.78 is 16.8. The molecule has 0 saturated carbocycles. The third-order valence-corrected chi connectivity index (χ3v) is 6.15. The predicted molar refractivity (Wildman–Crippen MR) is 115 cm³/mol. The molecular weight excluding hydrogens is 410 g/mol. The number of aryl methyl sites for hydroxylation is 2. The molecule has 2 aromatic rings. The van der Waals surface area contributed by atoms with Crippen LogP contribution in [0.1, 0.15) is 52.5 Å². The standard InChI is InChI=1S/C20H25N3O4S2/c1-13-7-6-8-15-11-29-12-20(25-3,19-21-14(2)23-27-19)22-16(28)9-4-5-10-26-18(24)17(13)15/h6-8H,4-5,9-12H2,1-3H3,(H,22,28). The van der Waals surface area contributed by atoms with Crippen LogP contribution in [0.3, 0.4) is 0 Å². The molecule has 1 aromatic carbocycles. The number of nitrogens with zero attached hydrogens (tertiary/aromatic N) is 2. The Morgan fingerprint density at radius 2 is 2.14 bits per heavy atom. The molecule has 1 aromatic heterocycles. The highest BCUT2D eigenvalue weighted by atomic mass is 32.2. The number of thiocarbonyl (C=S) groups is 1. The van der Waals surface area contributed by atoms with Gasteiger partial charge in [0.15, 0.2) is 5.82 Å². The number of methoxy groups -OCH3 is 1. The Bertz CT molecular complexity index is 886. The topological polar surface area (TPSA) is 86.5 Å². The van der Waals surface area contributed by atoms with Gasteiger partial charge >= 0.3 is 5.97 Å². The lowest BCUT2D eigenvalue weighted by molar-refractivity contribution is -0.0327. The maximum absolute atomic E-state index is 12.6. The summed E-state index contributed by atoms with van der Waals surface area (Å²) in [6.07, 6.45) is 2.16. The van der Waals surface area contributed by atoms with Crippen molar-refractivity contribution < 1.29 is 18.8 Å². The van der Waals surface area contributed by atoms with Gasteiger partial charge in [0.05, 0.1) is 22.9 Å². The molecule has 0 saturated heterocycles. The van der Waals surface area contributed by atoms with Crippen LogP contribution in [0.4, 0.5) is 0 Å². The second kappa shape index (κ2) is 9.69. The number of rotatable bonds is 2. The first kappa shape index (κ1) is 21.7. The van der Waals surface area contributed by atoms with Gasteiger partial charge in [0.25, 0.3) is 5.89 Å². The molecule has 1 atom stereocenters. The quantitative estimate of drug-likeness (QED) is 0.561. The monoisotopic (exact) mass is 435 g/mol. The van der Waals surface area contributed by atoms with Crippen LogP contribution in [0, 0.1) is 13.8 Å². The fourth-order valence-electron chi connectivity index (χ4n) is 3.17. The van der Waals surface area contributed by atoms with E-state index in [1.54, 1.807) is 25.8 Å². The van der Waals surface area contributed by atoms with Crippen LogP contribution in [0.2, 0.25) is 0 Å². The van der Waals surface area contributed by atoms with E-state index in [1.807, 2.05) is 25.1 Å². The summed E-state index contributed by atoms with van der Waals surface area (Å²) in [5, 5.41) is 7.20.